The molecule has 0 bridgehead atoms. The number of nitrogens with zero attached hydrogens (tertiary/aromatic N) is 1. The summed E-state index contributed by atoms with van der Waals surface area (Å²) in [7, 11) is 0. The van der Waals surface area contributed by atoms with Gasteiger partial charge in [0.15, 0.2) is 0 Å². The fourth-order valence-electron chi connectivity index (χ4n) is 3.69. The van der Waals surface area contributed by atoms with Crippen LogP contribution in [-0.4, -0.2) is 28.1 Å². The first-order valence-corrected chi connectivity index (χ1v) is 10.3. The Morgan fingerprint density at radius 2 is 1.81 bits per heavy atom. The van der Waals surface area contributed by atoms with Crippen LogP contribution in [0.25, 0.3) is 0 Å². The molecule has 2 atom stereocenters. The van der Waals surface area contributed by atoms with Crippen LogP contribution < -0.4 is 4.90 Å². The quantitative estimate of drug-likeness (QED) is 0.382. The van der Waals surface area contributed by atoms with Gasteiger partial charge in [0.2, 0.25) is 5.91 Å². The maximum Gasteiger partial charge on any atom is 0.303 e. The van der Waals surface area contributed by atoms with E-state index in [1.165, 1.54) is 0 Å². The number of carboxylic acid groups (broad SMARTS) is 1. The second kappa shape index (κ2) is 11.1. The molecule has 0 radical (unpaired) electrons. The molecular weight excluding hydrogens is 342 g/mol. The van der Waals surface area contributed by atoms with Crippen LogP contribution in [0, 0.1) is 0 Å². The Balaban J connectivity index is 1.78. The van der Waals surface area contributed by atoms with Crippen molar-refractivity contribution < 1.29 is 19.8 Å². The third-order valence-corrected chi connectivity index (χ3v) is 5.36. The molecule has 5 nitrogen and oxygen atoms in total. The molecule has 27 heavy (non-hydrogen) atoms. The molecule has 1 aromatic rings. The molecular formula is C22H33NO4. The first-order valence-electron chi connectivity index (χ1n) is 10.3. The predicted octanol–water partition coefficient (Wildman–Crippen LogP) is 4.83. The third-order valence-electron chi connectivity index (χ3n) is 5.36. The second-order valence-corrected chi connectivity index (χ2v) is 7.57. The van der Waals surface area contributed by atoms with Crippen molar-refractivity contribution in [1.29, 1.82) is 0 Å². The summed E-state index contributed by atoms with van der Waals surface area (Å²) in [6.45, 7) is 2.15. The molecule has 2 rings (SSSR count). The van der Waals surface area contributed by atoms with E-state index in [0.717, 1.165) is 69.0 Å². The summed E-state index contributed by atoms with van der Waals surface area (Å²) >= 11 is 0. The van der Waals surface area contributed by atoms with Crippen LogP contribution in [0.3, 0.4) is 0 Å². The maximum atomic E-state index is 12.1. The Bertz CT molecular complexity index is 599. The lowest BCUT2D eigenvalue weighted by molar-refractivity contribution is -0.137. The van der Waals surface area contributed by atoms with Gasteiger partial charge in [-0.1, -0.05) is 57.6 Å². The molecule has 1 aliphatic rings. The number of aliphatic hydroxyl groups excluding tert-OH is 1. The van der Waals surface area contributed by atoms with Gasteiger partial charge in [-0.15, -0.1) is 0 Å². The minimum Gasteiger partial charge on any atom is -0.481 e. The van der Waals surface area contributed by atoms with E-state index in [1.807, 2.05) is 29.2 Å². The van der Waals surface area contributed by atoms with E-state index >= 15 is 0 Å². The van der Waals surface area contributed by atoms with Gasteiger partial charge in [0.25, 0.3) is 0 Å². The number of carbonyl (C=O) groups excluding carboxylic acids is 1. The van der Waals surface area contributed by atoms with Crippen molar-refractivity contribution in [3.8, 4) is 0 Å². The molecule has 1 heterocycles. The number of rotatable bonds is 13. The standard InChI is InChI=1S/C22H33NO4/c1-2-3-6-10-20(24)17-12-14-18(15-13-17)23-19(16-21(23)25)9-7-4-5-8-11-22(26)27/h12-15,19-20,24H,2-11,16H2,1H3,(H,26,27)/t19-,20?/m0/s1. The number of aliphatic hydroxyl groups is 1. The lowest BCUT2D eigenvalue weighted by Gasteiger charge is -2.40. The van der Waals surface area contributed by atoms with Gasteiger partial charge < -0.3 is 15.1 Å². The van der Waals surface area contributed by atoms with Gasteiger partial charge in [0, 0.05) is 24.6 Å². The molecule has 1 aliphatic heterocycles. The van der Waals surface area contributed by atoms with Gasteiger partial charge in [-0.05, 0) is 37.0 Å². The Morgan fingerprint density at radius 3 is 2.44 bits per heavy atom. The molecule has 2 N–H and O–H groups in total. The average Bonchev–Trinajstić information content (AvgIpc) is 2.63. The third kappa shape index (κ3) is 6.65. The zero-order valence-corrected chi connectivity index (χ0v) is 16.4. The van der Waals surface area contributed by atoms with Crippen LogP contribution in [-0.2, 0) is 9.59 Å². The number of unbranched alkanes of at least 4 members (excludes halogenated alkanes) is 5. The SMILES string of the molecule is CCCCCC(O)c1ccc(N2C(=O)C[C@@H]2CCCCCCC(=O)O)cc1. The van der Waals surface area contributed by atoms with Crippen molar-refractivity contribution in [3.05, 3.63) is 29.8 Å². The van der Waals surface area contributed by atoms with Crippen molar-refractivity contribution in [3.63, 3.8) is 0 Å². The fourth-order valence-corrected chi connectivity index (χ4v) is 3.69. The van der Waals surface area contributed by atoms with E-state index in [0.29, 0.717) is 6.42 Å². The van der Waals surface area contributed by atoms with Gasteiger partial charge in [-0.25, -0.2) is 0 Å². The normalized spacial score (nSPS) is 17.6. The minimum absolute atomic E-state index is 0.155. The van der Waals surface area contributed by atoms with Gasteiger partial charge in [-0.2, -0.15) is 0 Å². The van der Waals surface area contributed by atoms with Gasteiger partial charge in [0.1, 0.15) is 0 Å². The van der Waals surface area contributed by atoms with Crippen LogP contribution in [0.2, 0.25) is 0 Å². The molecule has 1 unspecified atom stereocenters. The largest absolute Gasteiger partial charge is 0.481 e. The van der Waals surface area contributed by atoms with E-state index in [9.17, 15) is 14.7 Å². The number of hydrogen-bond donors (Lipinski definition) is 2. The Hall–Kier alpha value is -1.88. The van der Waals surface area contributed by atoms with Gasteiger partial charge >= 0.3 is 5.97 Å². The number of benzene rings is 1. The number of anilines is 1. The predicted molar refractivity (Wildman–Crippen MR) is 107 cm³/mol. The van der Waals surface area contributed by atoms with Crippen molar-refractivity contribution in [1.82, 2.24) is 0 Å². The summed E-state index contributed by atoms with van der Waals surface area (Å²) in [6.07, 6.45) is 9.12. The molecule has 5 heteroatoms. The van der Waals surface area contributed by atoms with Gasteiger partial charge in [-0.3, -0.25) is 9.59 Å². The summed E-state index contributed by atoms with van der Waals surface area (Å²) in [4.78, 5) is 24.4. The molecule has 1 amide bonds. The van der Waals surface area contributed by atoms with Crippen LogP contribution in [0.4, 0.5) is 5.69 Å². The second-order valence-electron chi connectivity index (χ2n) is 7.57. The highest BCUT2D eigenvalue weighted by molar-refractivity contribution is 6.00. The first-order chi connectivity index (χ1) is 13.0. The highest BCUT2D eigenvalue weighted by Gasteiger charge is 2.36. The molecule has 1 saturated heterocycles. The van der Waals surface area contributed by atoms with E-state index < -0.39 is 12.1 Å². The summed E-state index contributed by atoms with van der Waals surface area (Å²) in [5.74, 6) is -0.577. The number of carboxylic acids is 1. The number of β-lactam (4-membered cyclic amide) rings is 1. The van der Waals surface area contributed by atoms with Gasteiger partial charge in [0.05, 0.1) is 6.10 Å². The highest BCUT2D eigenvalue weighted by Crippen LogP contribution is 2.32. The Kier molecular flexibility index (Phi) is 8.79. The Labute approximate surface area is 162 Å². The maximum absolute atomic E-state index is 12.1. The number of carbonyl (C=O) groups is 2. The molecule has 0 aromatic heterocycles. The first kappa shape index (κ1) is 21.4. The van der Waals surface area contributed by atoms with E-state index in [2.05, 4.69) is 6.92 Å². The van der Waals surface area contributed by atoms with Crippen LogP contribution in [0.5, 0.6) is 0 Å². The summed E-state index contributed by atoms with van der Waals surface area (Å²) in [5, 5.41) is 18.9. The molecule has 150 valence electrons. The molecule has 0 saturated carbocycles. The van der Waals surface area contributed by atoms with Crippen molar-refractivity contribution in [2.75, 3.05) is 4.90 Å². The van der Waals surface area contributed by atoms with Crippen LogP contribution in [0.1, 0.15) is 89.2 Å². The number of amides is 1. The highest BCUT2D eigenvalue weighted by atomic mass is 16.4. The van der Waals surface area contributed by atoms with Crippen LogP contribution >= 0.6 is 0 Å². The Morgan fingerprint density at radius 1 is 1.11 bits per heavy atom. The lowest BCUT2D eigenvalue weighted by atomic mass is 9.94. The minimum atomic E-state index is -0.732. The van der Waals surface area contributed by atoms with Crippen molar-refractivity contribution in [2.45, 2.75) is 89.7 Å². The zero-order chi connectivity index (χ0) is 19.6. The van der Waals surface area contributed by atoms with Crippen molar-refractivity contribution >= 4 is 17.6 Å². The molecule has 1 fully saturated rings. The van der Waals surface area contributed by atoms with E-state index in [4.69, 9.17) is 5.11 Å². The average molecular weight is 376 g/mol. The van der Waals surface area contributed by atoms with Crippen LogP contribution in [0.15, 0.2) is 24.3 Å². The number of aliphatic carboxylic acids is 1. The molecule has 0 spiro atoms. The van der Waals surface area contributed by atoms with E-state index in [1.54, 1.807) is 0 Å². The zero-order valence-electron chi connectivity index (χ0n) is 16.4. The van der Waals surface area contributed by atoms with Crippen molar-refractivity contribution in [2.24, 2.45) is 0 Å². The van der Waals surface area contributed by atoms with E-state index in [-0.39, 0.29) is 18.4 Å². The fraction of sp³-hybridized carbons (Fsp3) is 0.636. The smallest absolute Gasteiger partial charge is 0.303 e. The summed E-state index contributed by atoms with van der Waals surface area (Å²) < 4.78 is 0. The topological polar surface area (TPSA) is 77.8 Å². The summed E-state index contributed by atoms with van der Waals surface area (Å²) in [6, 6.07) is 7.99. The lowest BCUT2D eigenvalue weighted by Crippen LogP contribution is -2.52. The molecule has 1 aromatic carbocycles. The molecule has 0 aliphatic carbocycles. The summed E-state index contributed by atoms with van der Waals surface area (Å²) in [5.41, 5.74) is 1.82. The number of hydrogen-bond acceptors (Lipinski definition) is 3. The monoisotopic (exact) mass is 375 g/mol.